The largest absolute Gasteiger partial charge is 0.484 e. The van der Waals surface area contributed by atoms with Gasteiger partial charge in [0, 0.05) is 26.1 Å². The molecule has 0 spiro atoms. The molecule has 0 fully saturated rings. The molecular weight excluding hydrogens is 389 g/mol. The van der Waals surface area contributed by atoms with Crippen LogP contribution in [0.5, 0.6) is 5.75 Å². The van der Waals surface area contributed by atoms with Gasteiger partial charge in [-0.3, -0.25) is 4.79 Å². The highest BCUT2D eigenvalue weighted by Gasteiger charge is 2.12. The first kappa shape index (κ1) is 19.2. The highest BCUT2D eigenvalue weighted by Crippen LogP contribution is 2.23. The smallest absolute Gasteiger partial charge is 0.260 e. The van der Waals surface area contributed by atoms with E-state index in [2.05, 4.69) is 10.1 Å². The predicted octanol–water partition coefficient (Wildman–Crippen LogP) is 4.39. The average Bonchev–Trinajstić information content (AvgIpc) is 3.09. The van der Waals surface area contributed by atoms with Crippen molar-refractivity contribution in [1.82, 2.24) is 15.0 Å². The minimum absolute atomic E-state index is 0.0907. The number of halogens is 2. The van der Waals surface area contributed by atoms with Crippen molar-refractivity contribution in [3.63, 3.8) is 0 Å². The molecule has 0 radical (unpaired) electrons. The van der Waals surface area contributed by atoms with Gasteiger partial charge in [-0.05, 0) is 29.8 Å². The Hall–Kier alpha value is -2.57. The van der Waals surface area contributed by atoms with E-state index in [0.29, 0.717) is 34.1 Å². The number of benzene rings is 2. The summed E-state index contributed by atoms with van der Waals surface area (Å²) in [5.41, 5.74) is 1.63. The third kappa shape index (κ3) is 4.99. The van der Waals surface area contributed by atoms with Crippen molar-refractivity contribution in [3.05, 3.63) is 64.0 Å². The lowest BCUT2D eigenvalue weighted by Gasteiger charge is -2.18. The Bertz CT molecular complexity index is 959. The van der Waals surface area contributed by atoms with Gasteiger partial charge in [0.05, 0.1) is 10.0 Å². The molecular formula is C19H17Cl2N3O3. The van der Waals surface area contributed by atoms with E-state index >= 15 is 0 Å². The minimum Gasteiger partial charge on any atom is -0.484 e. The maximum absolute atomic E-state index is 12.3. The third-order valence-electron chi connectivity index (χ3n) is 3.81. The van der Waals surface area contributed by atoms with E-state index in [1.165, 1.54) is 0 Å². The zero-order valence-corrected chi connectivity index (χ0v) is 16.3. The minimum atomic E-state index is -0.165. The van der Waals surface area contributed by atoms with Crippen LogP contribution in [0.15, 0.2) is 47.0 Å². The lowest BCUT2D eigenvalue weighted by molar-refractivity contribution is -0.132. The SMILES string of the molecule is Cc1nc(-c2cccc(OCC(=O)N(C)Cc3ccc(Cl)c(Cl)c3)c2)no1. The maximum Gasteiger partial charge on any atom is 0.260 e. The number of hydrogen-bond acceptors (Lipinski definition) is 5. The zero-order valence-electron chi connectivity index (χ0n) is 14.8. The van der Waals surface area contributed by atoms with Gasteiger partial charge in [-0.2, -0.15) is 4.98 Å². The number of carbonyl (C=O) groups excluding carboxylic acids is 1. The van der Waals surface area contributed by atoms with E-state index < -0.39 is 0 Å². The fourth-order valence-corrected chi connectivity index (χ4v) is 2.72. The quantitative estimate of drug-likeness (QED) is 0.608. The molecule has 27 heavy (non-hydrogen) atoms. The van der Waals surface area contributed by atoms with Crippen LogP contribution in [0.1, 0.15) is 11.5 Å². The monoisotopic (exact) mass is 405 g/mol. The number of aromatic nitrogens is 2. The summed E-state index contributed by atoms with van der Waals surface area (Å²) in [7, 11) is 1.70. The summed E-state index contributed by atoms with van der Waals surface area (Å²) in [5.74, 6) is 1.34. The second-order valence-corrected chi connectivity index (χ2v) is 6.77. The number of hydrogen-bond donors (Lipinski definition) is 0. The fraction of sp³-hybridized carbons (Fsp3) is 0.211. The van der Waals surface area contributed by atoms with E-state index in [4.69, 9.17) is 32.5 Å². The van der Waals surface area contributed by atoms with Gasteiger partial charge in [0.15, 0.2) is 6.61 Å². The molecule has 140 valence electrons. The number of rotatable bonds is 6. The van der Waals surface area contributed by atoms with E-state index in [1.54, 1.807) is 49.2 Å². The van der Waals surface area contributed by atoms with Gasteiger partial charge in [0.1, 0.15) is 5.75 Å². The standard InChI is InChI=1S/C19H17Cl2N3O3/c1-12-22-19(23-27-12)14-4-3-5-15(9-14)26-11-18(25)24(2)10-13-6-7-16(20)17(21)8-13/h3-9H,10-11H2,1-2H3. The summed E-state index contributed by atoms with van der Waals surface area (Å²) in [4.78, 5) is 18.1. The Morgan fingerprint density at radius 2 is 2.00 bits per heavy atom. The predicted molar refractivity (Wildman–Crippen MR) is 103 cm³/mol. The van der Waals surface area contributed by atoms with Crippen LogP contribution in [-0.2, 0) is 11.3 Å². The number of carbonyl (C=O) groups is 1. The average molecular weight is 406 g/mol. The van der Waals surface area contributed by atoms with Gasteiger partial charge >= 0.3 is 0 Å². The van der Waals surface area contributed by atoms with E-state index in [9.17, 15) is 4.79 Å². The molecule has 0 bridgehead atoms. The molecule has 0 aliphatic heterocycles. The van der Waals surface area contributed by atoms with Gasteiger partial charge in [-0.15, -0.1) is 0 Å². The van der Waals surface area contributed by atoms with Crippen LogP contribution in [0.3, 0.4) is 0 Å². The van der Waals surface area contributed by atoms with Gasteiger partial charge < -0.3 is 14.2 Å². The molecule has 0 unspecified atom stereocenters. The highest BCUT2D eigenvalue weighted by molar-refractivity contribution is 6.42. The molecule has 8 heteroatoms. The molecule has 0 saturated heterocycles. The van der Waals surface area contributed by atoms with E-state index in [1.807, 2.05) is 12.1 Å². The van der Waals surface area contributed by atoms with Crippen LogP contribution in [0, 0.1) is 6.92 Å². The number of ether oxygens (including phenoxy) is 1. The molecule has 0 atom stereocenters. The summed E-state index contributed by atoms with van der Waals surface area (Å²) in [5, 5.41) is 4.81. The number of aryl methyl sites for hydroxylation is 1. The van der Waals surface area contributed by atoms with Crippen molar-refractivity contribution in [3.8, 4) is 17.1 Å². The van der Waals surface area contributed by atoms with Crippen LogP contribution in [0.25, 0.3) is 11.4 Å². The van der Waals surface area contributed by atoms with E-state index in [-0.39, 0.29) is 12.5 Å². The van der Waals surface area contributed by atoms with Crippen LogP contribution in [0.2, 0.25) is 10.0 Å². The van der Waals surface area contributed by atoms with Gasteiger partial charge in [0.2, 0.25) is 11.7 Å². The molecule has 2 aromatic carbocycles. The molecule has 3 aromatic rings. The third-order valence-corrected chi connectivity index (χ3v) is 4.55. The van der Waals surface area contributed by atoms with Crippen molar-refractivity contribution in [2.75, 3.05) is 13.7 Å². The van der Waals surface area contributed by atoms with Crippen LogP contribution < -0.4 is 4.74 Å². The first-order valence-corrected chi connectivity index (χ1v) is 8.89. The molecule has 1 heterocycles. The van der Waals surface area contributed by atoms with Crippen molar-refractivity contribution >= 4 is 29.1 Å². The van der Waals surface area contributed by atoms with Crippen LogP contribution >= 0.6 is 23.2 Å². The fourth-order valence-electron chi connectivity index (χ4n) is 2.40. The molecule has 0 saturated carbocycles. The topological polar surface area (TPSA) is 68.5 Å². The summed E-state index contributed by atoms with van der Waals surface area (Å²) in [6, 6.07) is 12.5. The van der Waals surface area contributed by atoms with Gasteiger partial charge in [0.25, 0.3) is 5.91 Å². The van der Waals surface area contributed by atoms with Crippen LogP contribution in [0.4, 0.5) is 0 Å². The molecule has 0 aliphatic carbocycles. The molecule has 0 N–H and O–H groups in total. The molecule has 1 amide bonds. The molecule has 1 aromatic heterocycles. The van der Waals surface area contributed by atoms with Crippen molar-refractivity contribution in [2.45, 2.75) is 13.5 Å². The Kier molecular flexibility index (Phi) is 5.98. The lowest BCUT2D eigenvalue weighted by Crippen LogP contribution is -2.30. The summed E-state index contributed by atoms with van der Waals surface area (Å²) in [6.07, 6.45) is 0. The molecule has 6 nitrogen and oxygen atoms in total. The van der Waals surface area contributed by atoms with Gasteiger partial charge in [-0.25, -0.2) is 0 Å². The highest BCUT2D eigenvalue weighted by atomic mass is 35.5. The summed E-state index contributed by atoms with van der Waals surface area (Å²) in [6.45, 7) is 2.03. The maximum atomic E-state index is 12.3. The zero-order chi connectivity index (χ0) is 19.4. The van der Waals surface area contributed by atoms with Crippen molar-refractivity contribution in [2.24, 2.45) is 0 Å². The Morgan fingerprint density at radius 1 is 1.19 bits per heavy atom. The molecule has 0 aliphatic rings. The molecule has 3 rings (SSSR count). The second kappa shape index (κ2) is 8.41. The van der Waals surface area contributed by atoms with E-state index in [0.717, 1.165) is 11.1 Å². The first-order valence-electron chi connectivity index (χ1n) is 8.14. The number of likely N-dealkylation sites (N-methyl/N-ethyl adjacent to an activating group) is 1. The Balaban J connectivity index is 1.59. The number of amides is 1. The Labute approximate surface area is 166 Å². The summed E-state index contributed by atoms with van der Waals surface area (Å²) >= 11 is 11.9. The first-order chi connectivity index (χ1) is 12.9. The van der Waals surface area contributed by atoms with Crippen molar-refractivity contribution < 1.29 is 14.1 Å². The number of nitrogens with zero attached hydrogens (tertiary/aromatic N) is 3. The summed E-state index contributed by atoms with van der Waals surface area (Å²) < 4.78 is 10.6. The van der Waals surface area contributed by atoms with Gasteiger partial charge in [-0.1, -0.05) is 46.6 Å². The normalized spacial score (nSPS) is 10.7. The Morgan fingerprint density at radius 3 is 2.70 bits per heavy atom. The van der Waals surface area contributed by atoms with Crippen molar-refractivity contribution in [1.29, 1.82) is 0 Å². The van der Waals surface area contributed by atoms with Crippen LogP contribution in [-0.4, -0.2) is 34.6 Å². The second-order valence-electron chi connectivity index (χ2n) is 5.95. The lowest BCUT2D eigenvalue weighted by atomic mass is 10.2.